The number of benzene rings is 2. The van der Waals surface area contributed by atoms with Crippen LogP contribution < -0.4 is 0 Å². The number of hydrogen-bond donors (Lipinski definition) is 0. The quantitative estimate of drug-likeness (QED) is 0.102. The van der Waals surface area contributed by atoms with Gasteiger partial charge in [-0.15, -0.1) is 0 Å². The van der Waals surface area contributed by atoms with E-state index in [0.717, 1.165) is 38.5 Å². The molecule has 0 aliphatic rings. The van der Waals surface area contributed by atoms with Gasteiger partial charge in [0.15, 0.2) is 0 Å². The smallest absolute Gasteiger partial charge is 0.306 e. The fourth-order valence-electron chi connectivity index (χ4n) is 5.14. The lowest BCUT2D eigenvalue weighted by Crippen LogP contribution is -2.21. The molecule has 2 atom stereocenters. The topological polar surface area (TPSA) is 52.6 Å². The highest BCUT2D eigenvalue weighted by Gasteiger charge is 2.17. The molecule has 222 valence electrons. The van der Waals surface area contributed by atoms with E-state index in [1.165, 1.54) is 62.5 Å². The van der Waals surface area contributed by atoms with Crippen molar-refractivity contribution in [1.29, 1.82) is 0 Å². The lowest BCUT2D eigenvalue weighted by molar-refractivity contribution is -0.151. The first-order valence-electron chi connectivity index (χ1n) is 16.1. The molecule has 0 N–H and O–H groups in total. The first-order valence-corrected chi connectivity index (χ1v) is 16.1. The van der Waals surface area contributed by atoms with Gasteiger partial charge in [0.25, 0.3) is 0 Å². The Morgan fingerprint density at radius 3 is 1.27 bits per heavy atom. The van der Waals surface area contributed by atoms with Gasteiger partial charge in [-0.3, -0.25) is 9.59 Å². The van der Waals surface area contributed by atoms with Crippen molar-refractivity contribution in [2.45, 2.75) is 142 Å². The molecule has 0 fully saturated rings. The maximum absolute atomic E-state index is 12.7. The van der Waals surface area contributed by atoms with E-state index < -0.39 is 0 Å². The van der Waals surface area contributed by atoms with E-state index in [1.54, 1.807) is 0 Å². The zero-order valence-corrected chi connectivity index (χ0v) is 25.3. The molecular weight excluding hydrogens is 496 g/mol. The lowest BCUT2D eigenvalue weighted by atomic mass is 10.0. The average molecular weight is 551 g/mol. The van der Waals surface area contributed by atoms with Gasteiger partial charge in [0.05, 0.1) is 0 Å². The third-order valence-electron chi connectivity index (χ3n) is 7.48. The predicted octanol–water partition coefficient (Wildman–Crippen LogP) is 9.58. The van der Waals surface area contributed by atoms with Crippen molar-refractivity contribution < 1.29 is 19.1 Å². The number of ether oxygens (including phenoxy) is 2. The third-order valence-corrected chi connectivity index (χ3v) is 7.48. The highest BCUT2D eigenvalue weighted by molar-refractivity contribution is 5.71. The van der Waals surface area contributed by atoms with Crippen LogP contribution >= 0.6 is 0 Å². The Hall–Kier alpha value is -2.62. The monoisotopic (exact) mass is 550 g/mol. The molecule has 0 aromatic heterocycles. The normalized spacial score (nSPS) is 12.6. The Labute approximate surface area is 244 Å². The van der Waals surface area contributed by atoms with Gasteiger partial charge in [0.2, 0.25) is 0 Å². The summed E-state index contributed by atoms with van der Waals surface area (Å²) in [4.78, 5) is 25.3. The maximum atomic E-state index is 12.7. The molecule has 0 saturated carbocycles. The summed E-state index contributed by atoms with van der Waals surface area (Å²) in [7, 11) is 0. The lowest BCUT2D eigenvalue weighted by Gasteiger charge is -2.19. The fourth-order valence-corrected chi connectivity index (χ4v) is 5.14. The molecule has 0 radical (unpaired) electrons. The second-order valence-corrected chi connectivity index (χ2v) is 11.2. The van der Waals surface area contributed by atoms with Gasteiger partial charge in [0.1, 0.15) is 12.2 Å². The van der Waals surface area contributed by atoms with Gasteiger partial charge in [-0.25, -0.2) is 0 Å². The number of carbonyl (C=O) groups excluding carboxylic acids is 2. The third kappa shape index (κ3) is 16.5. The van der Waals surface area contributed by atoms with Crippen molar-refractivity contribution in [1.82, 2.24) is 0 Å². The molecule has 0 bridgehead atoms. The molecule has 4 nitrogen and oxygen atoms in total. The van der Waals surface area contributed by atoms with Crippen LogP contribution in [0.1, 0.15) is 128 Å². The van der Waals surface area contributed by atoms with Crippen LogP contribution in [0.15, 0.2) is 60.7 Å². The molecule has 2 aromatic carbocycles. The molecule has 2 unspecified atom stereocenters. The second kappa shape index (κ2) is 22.1. The standard InChI is InChI=1S/C36H54O4/c1-3-5-7-9-17-25-33(29-31-21-13-11-14-22-31)39-35(37)27-19-20-28-36(38)40-34(26-18-10-8-6-4-2)30-32-23-15-12-16-24-32/h11-16,21-24,33-34H,3-10,17-20,25-30H2,1-2H3. The molecule has 4 heteroatoms. The fraction of sp³-hybridized carbons (Fsp3) is 0.611. The molecule has 0 aliphatic heterocycles. The highest BCUT2D eigenvalue weighted by atomic mass is 16.5. The molecule has 0 spiro atoms. The van der Waals surface area contributed by atoms with Crippen molar-refractivity contribution in [3.8, 4) is 0 Å². The summed E-state index contributed by atoms with van der Waals surface area (Å²) in [5.41, 5.74) is 2.40. The summed E-state index contributed by atoms with van der Waals surface area (Å²) in [5, 5.41) is 0. The summed E-state index contributed by atoms with van der Waals surface area (Å²) in [6, 6.07) is 20.5. The minimum atomic E-state index is -0.156. The number of unbranched alkanes of at least 4 members (excludes halogenated alkanes) is 9. The van der Waals surface area contributed by atoms with E-state index in [2.05, 4.69) is 38.1 Å². The molecule has 40 heavy (non-hydrogen) atoms. The van der Waals surface area contributed by atoms with Crippen LogP contribution in [-0.2, 0) is 31.9 Å². The van der Waals surface area contributed by atoms with E-state index in [0.29, 0.717) is 25.7 Å². The summed E-state index contributed by atoms with van der Waals surface area (Å²) >= 11 is 0. The van der Waals surface area contributed by atoms with E-state index in [4.69, 9.17) is 9.47 Å². The number of esters is 2. The molecule has 0 heterocycles. The van der Waals surface area contributed by atoms with Gasteiger partial charge in [-0.05, 0) is 49.7 Å². The van der Waals surface area contributed by atoms with Crippen molar-refractivity contribution in [3.63, 3.8) is 0 Å². The largest absolute Gasteiger partial charge is 0.462 e. The Bertz CT molecular complexity index is 820. The number of hydrogen-bond acceptors (Lipinski definition) is 4. The molecule has 0 amide bonds. The predicted molar refractivity (Wildman–Crippen MR) is 165 cm³/mol. The summed E-state index contributed by atoms with van der Waals surface area (Å²) in [6.45, 7) is 4.44. The van der Waals surface area contributed by atoms with Crippen molar-refractivity contribution in [2.75, 3.05) is 0 Å². The Morgan fingerprint density at radius 1 is 0.525 bits per heavy atom. The zero-order valence-electron chi connectivity index (χ0n) is 25.3. The Morgan fingerprint density at radius 2 is 0.900 bits per heavy atom. The van der Waals surface area contributed by atoms with Crippen LogP contribution in [0.25, 0.3) is 0 Å². The van der Waals surface area contributed by atoms with Gasteiger partial charge in [-0.1, -0.05) is 126 Å². The Balaban J connectivity index is 1.73. The summed E-state index contributed by atoms with van der Waals surface area (Å²) < 4.78 is 11.8. The molecule has 0 saturated heterocycles. The first-order chi connectivity index (χ1) is 19.6. The van der Waals surface area contributed by atoms with E-state index in [9.17, 15) is 9.59 Å². The van der Waals surface area contributed by atoms with Crippen molar-refractivity contribution in [3.05, 3.63) is 71.8 Å². The highest BCUT2D eigenvalue weighted by Crippen LogP contribution is 2.18. The number of carbonyl (C=O) groups is 2. The maximum Gasteiger partial charge on any atom is 0.306 e. The van der Waals surface area contributed by atoms with Crippen LogP contribution in [0.2, 0.25) is 0 Å². The summed E-state index contributed by atoms with van der Waals surface area (Å²) in [6.07, 6.45) is 17.1. The van der Waals surface area contributed by atoms with Crippen LogP contribution in [0, 0.1) is 0 Å². The minimum Gasteiger partial charge on any atom is -0.462 e. The molecule has 2 aromatic rings. The second-order valence-electron chi connectivity index (χ2n) is 11.2. The van der Waals surface area contributed by atoms with Crippen LogP contribution in [0.5, 0.6) is 0 Å². The molecule has 0 aliphatic carbocycles. The minimum absolute atomic E-state index is 0.0856. The van der Waals surface area contributed by atoms with E-state index in [-0.39, 0.29) is 24.1 Å². The molecular formula is C36H54O4. The van der Waals surface area contributed by atoms with Crippen LogP contribution in [0.4, 0.5) is 0 Å². The van der Waals surface area contributed by atoms with E-state index >= 15 is 0 Å². The first kappa shape index (κ1) is 33.6. The van der Waals surface area contributed by atoms with Gasteiger partial charge >= 0.3 is 11.9 Å². The van der Waals surface area contributed by atoms with Gasteiger partial charge in [0, 0.05) is 25.7 Å². The number of rotatable bonds is 23. The Kier molecular flexibility index (Phi) is 18.6. The van der Waals surface area contributed by atoms with E-state index in [1.807, 2.05) is 36.4 Å². The van der Waals surface area contributed by atoms with Gasteiger partial charge in [-0.2, -0.15) is 0 Å². The SMILES string of the molecule is CCCCCCCC(Cc1ccccc1)OC(=O)CCCCC(=O)OC(CCCCCCC)Cc1ccccc1. The zero-order chi connectivity index (χ0) is 28.7. The van der Waals surface area contributed by atoms with Crippen molar-refractivity contribution >= 4 is 11.9 Å². The van der Waals surface area contributed by atoms with Gasteiger partial charge < -0.3 is 9.47 Å². The van der Waals surface area contributed by atoms with Crippen LogP contribution in [0.3, 0.4) is 0 Å². The molecule has 2 rings (SSSR count). The average Bonchev–Trinajstić information content (AvgIpc) is 2.96. The van der Waals surface area contributed by atoms with Crippen molar-refractivity contribution in [2.24, 2.45) is 0 Å². The van der Waals surface area contributed by atoms with Crippen LogP contribution in [-0.4, -0.2) is 24.1 Å². The summed E-state index contributed by atoms with van der Waals surface area (Å²) in [5.74, 6) is -0.311.